The summed E-state index contributed by atoms with van der Waals surface area (Å²) in [5.74, 6) is -0.209. The van der Waals surface area contributed by atoms with E-state index in [1.54, 1.807) is 6.07 Å². The Bertz CT molecular complexity index is 421. The minimum Gasteiger partial charge on any atom is -0.373 e. The molecule has 2 rings (SSSR count). The zero-order chi connectivity index (χ0) is 13.9. The van der Waals surface area contributed by atoms with Gasteiger partial charge >= 0.3 is 0 Å². The molecule has 2 nitrogen and oxygen atoms in total. The van der Waals surface area contributed by atoms with Crippen LogP contribution in [0.4, 0.5) is 4.39 Å². The van der Waals surface area contributed by atoms with Crippen molar-refractivity contribution in [2.24, 2.45) is 11.1 Å². The molecule has 2 N–H and O–H groups in total. The first-order valence-electron chi connectivity index (χ1n) is 7.09. The average molecular weight is 265 g/mol. The fraction of sp³-hybridized carbons (Fsp3) is 0.625. The molecule has 0 saturated heterocycles. The highest BCUT2D eigenvalue weighted by Gasteiger charge is 2.27. The highest BCUT2D eigenvalue weighted by atomic mass is 19.1. The second-order valence-corrected chi connectivity index (χ2v) is 6.30. The Morgan fingerprint density at radius 1 is 1.32 bits per heavy atom. The van der Waals surface area contributed by atoms with Gasteiger partial charge in [-0.05, 0) is 42.7 Å². The molecule has 1 aromatic carbocycles. The smallest absolute Gasteiger partial charge is 0.129 e. The second kappa shape index (κ2) is 6.02. The van der Waals surface area contributed by atoms with E-state index in [4.69, 9.17) is 10.5 Å². The van der Waals surface area contributed by atoms with Gasteiger partial charge in [0.15, 0.2) is 0 Å². The molecule has 0 unspecified atom stereocenters. The van der Waals surface area contributed by atoms with Crippen molar-refractivity contribution in [3.63, 3.8) is 0 Å². The molecule has 1 aromatic rings. The lowest BCUT2D eigenvalue weighted by atomic mass is 9.76. The predicted octanol–water partition coefficient (Wildman–Crippen LogP) is 3.77. The lowest BCUT2D eigenvalue weighted by Crippen LogP contribution is -2.26. The molecule has 3 heteroatoms. The Morgan fingerprint density at radius 3 is 2.58 bits per heavy atom. The van der Waals surface area contributed by atoms with Gasteiger partial charge in [0.2, 0.25) is 0 Å². The van der Waals surface area contributed by atoms with Crippen LogP contribution in [0.2, 0.25) is 0 Å². The largest absolute Gasteiger partial charge is 0.373 e. The summed E-state index contributed by atoms with van der Waals surface area (Å²) < 4.78 is 19.6. The number of hydrogen-bond donors (Lipinski definition) is 1. The third kappa shape index (κ3) is 4.02. The van der Waals surface area contributed by atoms with Crippen molar-refractivity contribution in [2.75, 3.05) is 0 Å². The minimum absolute atomic E-state index is 0.209. The van der Waals surface area contributed by atoms with Crippen LogP contribution in [-0.4, -0.2) is 6.10 Å². The molecule has 0 bridgehead atoms. The van der Waals surface area contributed by atoms with Gasteiger partial charge in [-0.2, -0.15) is 0 Å². The van der Waals surface area contributed by atoms with Crippen molar-refractivity contribution in [1.29, 1.82) is 0 Å². The summed E-state index contributed by atoms with van der Waals surface area (Å²) in [6.07, 6.45) is 4.81. The van der Waals surface area contributed by atoms with Crippen LogP contribution in [0, 0.1) is 11.2 Å². The van der Waals surface area contributed by atoms with Crippen molar-refractivity contribution < 1.29 is 9.13 Å². The third-order valence-corrected chi connectivity index (χ3v) is 4.11. The number of rotatable bonds is 4. The summed E-state index contributed by atoms with van der Waals surface area (Å²) in [6.45, 7) is 5.33. The van der Waals surface area contributed by atoms with E-state index in [0.29, 0.717) is 24.1 Å². The van der Waals surface area contributed by atoms with Gasteiger partial charge in [-0.25, -0.2) is 4.39 Å². The fourth-order valence-electron chi connectivity index (χ4n) is 2.58. The first kappa shape index (κ1) is 14.5. The van der Waals surface area contributed by atoms with Crippen molar-refractivity contribution >= 4 is 0 Å². The Kier molecular flexibility index (Phi) is 4.58. The summed E-state index contributed by atoms with van der Waals surface area (Å²) in [7, 11) is 0. The molecule has 1 aliphatic carbocycles. The van der Waals surface area contributed by atoms with Gasteiger partial charge in [0.1, 0.15) is 5.82 Å². The van der Waals surface area contributed by atoms with Crippen molar-refractivity contribution in [1.82, 2.24) is 0 Å². The van der Waals surface area contributed by atoms with Gasteiger partial charge in [-0.3, -0.25) is 0 Å². The summed E-state index contributed by atoms with van der Waals surface area (Å²) in [6, 6.07) is 5.15. The summed E-state index contributed by atoms with van der Waals surface area (Å²) in [4.78, 5) is 0. The van der Waals surface area contributed by atoms with Crippen LogP contribution in [0.3, 0.4) is 0 Å². The molecule has 106 valence electrons. The SMILES string of the molecule is CC1(C)CCC(OCc2ccc(CN)cc2F)CC1. The molecule has 1 fully saturated rings. The molecule has 0 radical (unpaired) electrons. The van der Waals surface area contributed by atoms with Gasteiger partial charge in [-0.15, -0.1) is 0 Å². The molecule has 1 aliphatic rings. The molecule has 0 aromatic heterocycles. The lowest BCUT2D eigenvalue weighted by Gasteiger charge is -2.34. The van der Waals surface area contributed by atoms with Crippen LogP contribution in [0.25, 0.3) is 0 Å². The molecule has 1 saturated carbocycles. The predicted molar refractivity (Wildman–Crippen MR) is 75.1 cm³/mol. The van der Waals surface area contributed by atoms with E-state index in [9.17, 15) is 4.39 Å². The van der Waals surface area contributed by atoms with E-state index in [1.165, 1.54) is 18.9 Å². The quantitative estimate of drug-likeness (QED) is 0.899. The first-order valence-corrected chi connectivity index (χ1v) is 7.09. The number of ether oxygens (including phenoxy) is 1. The summed E-state index contributed by atoms with van der Waals surface area (Å²) >= 11 is 0. The fourth-order valence-corrected chi connectivity index (χ4v) is 2.58. The number of halogens is 1. The highest BCUT2D eigenvalue weighted by molar-refractivity contribution is 5.23. The van der Waals surface area contributed by atoms with E-state index in [2.05, 4.69) is 13.8 Å². The Labute approximate surface area is 115 Å². The van der Waals surface area contributed by atoms with Crippen molar-refractivity contribution in [3.8, 4) is 0 Å². The Morgan fingerprint density at radius 2 is 2.00 bits per heavy atom. The zero-order valence-corrected chi connectivity index (χ0v) is 11.9. The second-order valence-electron chi connectivity index (χ2n) is 6.30. The maximum Gasteiger partial charge on any atom is 0.129 e. The van der Waals surface area contributed by atoms with E-state index in [1.807, 2.05) is 6.07 Å². The van der Waals surface area contributed by atoms with Crippen LogP contribution in [0.15, 0.2) is 18.2 Å². The topological polar surface area (TPSA) is 35.2 Å². The van der Waals surface area contributed by atoms with E-state index >= 15 is 0 Å². The molecule has 0 spiro atoms. The van der Waals surface area contributed by atoms with Crippen LogP contribution < -0.4 is 5.73 Å². The molecule has 0 aliphatic heterocycles. The molecule has 0 heterocycles. The normalized spacial score (nSPS) is 19.6. The maximum atomic E-state index is 13.8. The third-order valence-electron chi connectivity index (χ3n) is 4.11. The molecular weight excluding hydrogens is 241 g/mol. The number of hydrogen-bond acceptors (Lipinski definition) is 2. The summed E-state index contributed by atoms with van der Waals surface area (Å²) in [5, 5.41) is 0. The molecule has 0 amide bonds. The van der Waals surface area contributed by atoms with Crippen LogP contribution >= 0.6 is 0 Å². The van der Waals surface area contributed by atoms with Crippen molar-refractivity contribution in [3.05, 3.63) is 35.1 Å². The Balaban J connectivity index is 1.86. The monoisotopic (exact) mass is 265 g/mol. The van der Waals surface area contributed by atoms with Gasteiger partial charge in [0.05, 0.1) is 12.7 Å². The van der Waals surface area contributed by atoms with Gasteiger partial charge < -0.3 is 10.5 Å². The van der Waals surface area contributed by atoms with Gasteiger partial charge in [0, 0.05) is 12.1 Å². The van der Waals surface area contributed by atoms with Gasteiger partial charge in [0.25, 0.3) is 0 Å². The standard InChI is InChI=1S/C16H24FNO/c1-16(2)7-5-14(6-8-16)19-11-13-4-3-12(10-18)9-15(13)17/h3-4,9,14H,5-8,10-11,18H2,1-2H3. The van der Waals surface area contributed by atoms with E-state index < -0.39 is 0 Å². The number of nitrogens with two attached hydrogens (primary N) is 1. The van der Waals surface area contributed by atoms with Gasteiger partial charge in [-0.1, -0.05) is 26.0 Å². The highest BCUT2D eigenvalue weighted by Crippen LogP contribution is 2.36. The molecule has 19 heavy (non-hydrogen) atoms. The van der Waals surface area contributed by atoms with Crippen LogP contribution in [-0.2, 0) is 17.9 Å². The summed E-state index contributed by atoms with van der Waals surface area (Å²) in [5.41, 5.74) is 7.37. The van der Waals surface area contributed by atoms with E-state index in [-0.39, 0.29) is 11.9 Å². The maximum absolute atomic E-state index is 13.8. The molecular formula is C16H24FNO. The van der Waals surface area contributed by atoms with Crippen LogP contribution in [0.5, 0.6) is 0 Å². The zero-order valence-electron chi connectivity index (χ0n) is 11.9. The molecule has 0 atom stereocenters. The number of benzene rings is 1. The van der Waals surface area contributed by atoms with Crippen LogP contribution in [0.1, 0.15) is 50.7 Å². The average Bonchev–Trinajstić information content (AvgIpc) is 2.38. The van der Waals surface area contributed by atoms with E-state index in [0.717, 1.165) is 18.4 Å². The first-order chi connectivity index (χ1) is 9.00. The van der Waals surface area contributed by atoms with Crippen molar-refractivity contribution in [2.45, 2.75) is 58.8 Å². The minimum atomic E-state index is -0.209. The lowest BCUT2D eigenvalue weighted by molar-refractivity contribution is -0.00660. The Hall–Kier alpha value is -0.930.